The van der Waals surface area contributed by atoms with Crippen LogP contribution in [0.25, 0.3) is 11.3 Å². The molecule has 1 fully saturated rings. The van der Waals surface area contributed by atoms with Gasteiger partial charge in [-0.05, 0) is 58.7 Å². The second-order valence-electron chi connectivity index (χ2n) is 7.11. The van der Waals surface area contributed by atoms with Crippen LogP contribution in [-0.4, -0.2) is 62.3 Å². The number of ether oxygens (including phenoxy) is 2. The quantitative estimate of drug-likeness (QED) is 0.416. The van der Waals surface area contributed by atoms with Crippen LogP contribution in [0.3, 0.4) is 0 Å². The Morgan fingerprint density at radius 2 is 2.00 bits per heavy atom. The van der Waals surface area contributed by atoms with Crippen molar-refractivity contribution in [3.8, 4) is 17.0 Å². The second kappa shape index (κ2) is 10.7. The van der Waals surface area contributed by atoms with Crippen LogP contribution in [0.5, 0.6) is 5.75 Å². The first-order valence-electron chi connectivity index (χ1n) is 10.1. The van der Waals surface area contributed by atoms with E-state index in [4.69, 9.17) is 14.5 Å². The fourth-order valence-electron chi connectivity index (χ4n) is 3.41. The number of carbonyl (C=O) groups excluding carboxylic acids is 1. The van der Waals surface area contributed by atoms with Gasteiger partial charge < -0.3 is 9.47 Å². The zero-order valence-electron chi connectivity index (χ0n) is 17.3. The van der Waals surface area contributed by atoms with Crippen LogP contribution in [0.2, 0.25) is 0 Å². The molecule has 0 radical (unpaired) electrons. The summed E-state index contributed by atoms with van der Waals surface area (Å²) in [4.78, 5) is 23.0. The van der Waals surface area contributed by atoms with Crippen LogP contribution in [0, 0.1) is 0 Å². The van der Waals surface area contributed by atoms with E-state index in [9.17, 15) is 4.79 Å². The van der Waals surface area contributed by atoms with E-state index < -0.39 is 0 Å². The smallest absolute Gasteiger partial charge is 0.270 e. The third kappa shape index (κ3) is 5.72. The number of carbonyl (C=O) groups is 1. The molecule has 0 N–H and O–H groups in total. The van der Waals surface area contributed by atoms with Gasteiger partial charge in [0.1, 0.15) is 5.75 Å². The molecule has 0 bridgehead atoms. The van der Waals surface area contributed by atoms with Crippen LogP contribution in [0.1, 0.15) is 16.1 Å². The number of morpholine rings is 1. The Balaban J connectivity index is 1.51. The maximum Gasteiger partial charge on any atom is 0.270 e. The molecular formula is C22H24BrN3O3S2. The molecule has 1 saturated heterocycles. The van der Waals surface area contributed by atoms with Crippen molar-refractivity contribution >= 4 is 49.6 Å². The molecule has 3 heterocycles. The second-order valence-corrected chi connectivity index (χ2v) is 10.4. The Kier molecular flexibility index (Phi) is 7.73. The minimum Gasteiger partial charge on any atom is -0.497 e. The van der Waals surface area contributed by atoms with Gasteiger partial charge in [0.25, 0.3) is 5.91 Å². The molecule has 4 rings (SSSR count). The summed E-state index contributed by atoms with van der Waals surface area (Å²) in [6.07, 6.45) is 0.885. The predicted molar refractivity (Wildman–Crippen MR) is 130 cm³/mol. The zero-order chi connectivity index (χ0) is 21.6. The van der Waals surface area contributed by atoms with Crippen LogP contribution in [0.15, 0.2) is 45.6 Å². The Morgan fingerprint density at radius 1 is 1.23 bits per heavy atom. The van der Waals surface area contributed by atoms with Crippen molar-refractivity contribution in [1.29, 1.82) is 0 Å². The Labute approximate surface area is 198 Å². The van der Waals surface area contributed by atoms with Crippen LogP contribution >= 0.6 is 38.6 Å². The summed E-state index contributed by atoms with van der Waals surface area (Å²) in [5.41, 5.74) is 1.86. The largest absolute Gasteiger partial charge is 0.497 e. The standard InChI is InChI=1S/C22H24BrN3O3S2/c1-28-17-5-3-16(4-6-17)18-15-30-22(24-18)26(21(27)19-7-8-20(23)31-19)10-2-9-25-11-13-29-14-12-25/h3-8,15H,2,9-14H2,1H3. The number of hydrogen-bond donors (Lipinski definition) is 0. The Morgan fingerprint density at radius 3 is 2.68 bits per heavy atom. The van der Waals surface area contributed by atoms with E-state index in [1.807, 2.05) is 46.7 Å². The number of halogens is 1. The number of anilines is 1. The first-order valence-corrected chi connectivity index (χ1v) is 12.6. The number of thiophene rings is 1. The molecule has 1 aromatic carbocycles. The van der Waals surface area contributed by atoms with E-state index in [0.29, 0.717) is 11.4 Å². The van der Waals surface area contributed by atoms with Crippen molar-refractivity contribution in [3.63, 3.8) is 0 Å². The Bertz CT molecular complexity index is 1000. The average molecular weight is 522 g/mol. The molecule has 9 heteroatoms. The summed E-state index contributed by atoms with van der Waals surface area (Å²) in [5, 5.41) is 2.73. The third-order valence-electron chi connectivity index (χ3n) is 5.10. The fraction of sp³-hybridized carbons (Fsp3) is 0.364. The van der Waals surface area contributed by atoms with Gasteiger partial charge in [-0.1, -0.05) is 0 Å². The van der Waals surface area contributed by atoms with Gasteiger partial charge in [-0.3, -0.25) is 14.6 Å². The van der Waals surface area contributed by atoms with Crippen molar-refractivity contribution in [3.05, 3.63) is 50.4 Å². The summed E-state index contributed by atoms with van der Waals surface area (Å²) < 4.78 is 11.6. The molecule has 0 atom stereocenters. The number of nitrogens with zero attached hydrogens (tertiary/aromatic N) is 3. The van der Waals surface area contributed by atoms with Crippen LogP contribution < -0.4 is 9.64 Å². The van der Waals surface area contributed by atoms with Gasteiger partial charge in [0.05, 0.1) is 34.7 Å². The number of thiazole rings is 1. The minimum absolute atomic E-state index is 0.00620. The number of hydrogen-bond acceptors (Lipinski definition) is 7. The molecule has 1 aliphatic heterocycles. The lowest BCUT2D eigenvalue weighted by atomic mass is 10.2. The first-order chi connectivity index (χ1) is 15.1. The van der Waals surface area contributed by atoms with Crippen LogP contribution in [0.4, 0.5) is 5.13 Å². The van der Waals surface area contributed by atoms with Crippen molar-refractivity contribution in [2.24, 2.45) is 0 Å². The highest BCUT2D eigenvalue weighted by Gasteiger charge is 2.23. The lowest BCUT2D eigenvalue weighted by Gasteiger charge is -2.27. The summed E-state index contributed by atoms with van der Waals surface area (Å²) >= 11 is 6.41. The molecule has 31 heavy (non-hydrogen) atoms. The first kappa shape index (κ1) is 22.4. The predicted octanol–water partition coefficient (Wildman–Crippen LogP) is 5.01. The number of aromatic nitrogens is 1. The van der Waals surface area contributed by atoms with Crippen LogP contribution in [-0.2, 0) is 4.74 Å². The van der Waals surface area contributed by atoms with E-state index in [1.165, 1.54) is 22.7 Å². The molecule has 0 unspecified atom stereocenters. The van der Waals surface area contributed by atoms with Crippen molar-refractivity contribution in [2.75, 3.05) is 51.4 Å². The van der Waals surface area contributed by atoms with E-state index >= 15 is 0 Å². The van der Waals surface area contributed by atoms with E-state index in [2.05, 4.69) is 20.8 Å². The number of methoxy groups -OCH3 is 1. The van der Waals surface area contributed by atoms with Gasteiger partial charge in [-0.15, -0.1) is 22.7 Å². The fourth-order valence-corrected chi connectivity index (χ4v) is 5.60. The number of benzene rings is 1. The van der Waals surface area contributed by atoms with Crippen molar-refractivity contribution in [2.45, 2.75) is 6.42 Å². The maximum atomic E-state index is 13.3. The molecular weight excluding hydrogens is 498 g/mol. The van der Waals surface area contributed by atoms with Gasteiger partial charge in [0, 0.05) is 37.1 Å². The van der Waals surface area contributed by atoms with E-state index in [-0.39, 0.29) is 5.91 Å². The van der Waals surface area contributed by atoms with Gasteiger partial charge in [-0.25, -0.2) is 4.98 Å². The highest BCUT2D eigenvalue weighted by molar-refractivity contribution is 9.11. The molecule has 6 nitrogen and oxygen atoms in total. The minimum atomic E-state index is -0.00620. The zero-order valence-corrected chi connectivity index (χ0v) is 20.5. The molecule has 1 aliphatic rings. The summed E-state index contributed by atoms with van der Waals surface area (Å²) in [5.74, 6) is 0.802. The SMILES string of the molecule is COc1ccc(-c2csc(N(CCCN3CCOCC3)C(=O)c3ccc(Br)s3)n2)cc1. The molecule has 0 saturated carbocycles. The summed E-state index contributed by atoms with van der Waals surface area (Å²) in [7, 11) is 1.65. The normalized spacial score (nSPS) is 14.5. The highest BCUT2D eigenvalue weighted by atomic mass is 79.9. The number of rotatable bonds is 8. The topological polar surface area (TPSA) is 54.9 Å². The maximum absolute atomic E-state index is 13.3. The monoisotopic (exact) mass is 521 g/mol. The lowest BCUT2D eigenvalue weighted by molar-refractivity contribution is 0.0376. The molecule has 164 valence electrons. The van der Waals surface area contributed by atoms with Gasteiger partial charge in [0.2, 0.25) is 0 Å². The van der Waals surface area contributed by atoms with Crippen molar-refractivity contribution in [1.82, 2.24) is 9.88 Å². The van der Waals surface area contributed by atoms with Gasteiger partial charge in [-0.2, -0.15) is 0 Å². The lowest BCUT2D eigenvalue weighted by Crippen LogP contribution is -2.39. The summed E-state index contributed by atoms with van der Waals surface area (Å²) in [6.45, 7) is 5.03. The Hall–Kier alpha value is -1.78. The van der Waals surface area contributed by atoms with Crippen molar-refractivity contribution < 1.29 is 14.3 Å². The van der Waals surface area contributed by atoms with E-state index in [1.54, 1.807) is 7.11 Å². The average Bonchev–Trinajstić information content (AvgIpc) is 3.47. The molecule has 3 aromatic rings. The summed E-state index contributed by atoms with van der Waals surface area (Å²) in [6, 6.07) is 11.6. The highest BCUT2D eigenvalue weighted by Crippen LogP contribution is 2.31. The molecule has 0 aliphatic carbocycles. The van der Waals surface area contributed by atoms with Gasteiger partial charge >= 0.3 is 0 Å². The molecule has 2 aromatic heterocycles. The van der Waals surface area contributed by atoms with E-state index in [0.717, 1.165) is 65.2 Å². The molecule has 0 spiro atoms. The molecule has 1 amide bonds. The number of amides is 1. The van der Waals surface area contributed by atoms with Gasteiger partial charge in [0.15, 0.2) is 5.13 Å². The third-order valence-corrected chi connectivity index (χ3v) is 7.57.